The van der Waals surface area contributed by atoms with Gasteiger partial charge in [-0.1, -0.05) is 25.5 Å². The molecule has 0 saturated carbocycles. The number of benzene rings is 2. The van der Waals surface area contributed by atoms with Crippen LogP contribution in [0.5, 0.6) is 5.75 Å². The first kappa shape index (κ1) is 33.5. The van der Waals surface area contributed by atoms with Crippen LogP contribution in [0.4, 0.5) is 17.3 Å². The van der Waals surface area contributed by atoms with Gasteiger partial charge in [-0.3, -0.25) is 14.3 Å². The molecule has 0 atom stereocenters. The number of amides is 1. The number of H-pyrrole nitrogens is 1. The second-order valence-corrected chi connectivity index (χ2v) is 13.4. The largest absolute Gasteiger partial charge is 0.493 e. The van der Waals surface area contributed by atoms with Gasteiger partial charge in [0.05, 0.1) is 39.7 Å². The van der Waals surface area contributed by atoms with Gasteiger partial charge in [0.25, 0.3) is 11.5 Å². The molecule has 16 heteroatoms. The lowest BCUT2D eigenvalue weighted by atomic mass is 10.1. The molecule has 2 aromatic carbocycles. The summed E-state index contributed by atoms with van der Waals surface area (Å²) < 4.78 is 37.4. The standard InChI is InChI=1S/C33H38N10O5S/c1-4-8-26-28-29(42(3)40-26)32(45)39-30(38-28)23-17-22(11-12-27(23)48-5-2)49(46,47)41-21-13-15-43(16-14-21)33-35-18-20(19-36-33)31(44)37-25-10-7-6-9-24(25)34/h6-7,9-12,17-19,21,41H,4-5,8,13-16,34H2,1-3H3,(H,37,44)(H,38,39,45). The topological polar surface area (TPSA) is 203 Å². The van der Waals surface area contributed by atoms with Crippen LogP contribution in [0.1, 0.15) is 49.2 Å². The molecular formula is C33H38N10O5S. The van der Waals surface area contributed by atoms with Gasteiger partial charge in [-0.25, -0.2) is 28.1 Å². The fraction of sp³-hybridized carbons (Fsp3) is 0.333. The number of anilines is 3. The van der Waals surface area contributed by atoms with Gasteiger partial charge in [-0.2, -0.15) is 5.10 Å². The van der Waals surface area contributed by atoms with E-state index in [1.54, 1.807) is 37.4 Å². The molecule has 1 amide bonds. The first-order chi connectivity index (χ1) is 23.6. The summed E-state index contributed by atoms with van der Waals surface area (Å²) in [6, 6.07) is 11.2. The first-order valence-corrected chi connectivity index (χ1v) is 17.5. The molecule has 0 bridgehead atoms. The lowest BCUT2D eigenvalue weighted by molar-refractivity contribution is 0.102. The fourth-order valence-corrected chi connectivity index (χ4v) is 7.14. The molecular weight excluding hydrogens is 648 g/mol. The summed E-state index contributed by atoms with van der Waals surface area (Å²) in [4.78, 5) is 44.0. The van der Waals surface area contributed by atoms with E-state index in [9.17, 15) is 18.0 Å². The molecule has 4 heterocycles. The highest BCUT2D eigenvalue weighted by atomic mass is 32.2. The third kappa shape index (κ3) is 7.10. The predicted molar refractivity (Wildman–Crippen MR) is 186 cm³/mol. The smallest absolute Gasteiger partial charge is 0.277 e. The quantitative estimate of drug-likeness (QED) is 0.149. The number of aromatic nitrogens is 6. The van der Waals surface area contributed by atoms with Crippen molar-refractivity contribution in [3.05, 3.63) is 76.5 Å². The van der Waals surface area contributed by atoms with Crippen molar-refractivity contribution in [1.82, 2.24) is 34.4 Å². The van der Waals surface area contributed by atoms with E-state index in [0.717, 1.165) is 6.42 Å². The second-order valence-electron chi connectivity index (χ2n) is 11.7. The number of aromatic amines is 1. The van der Waals surface area contributed by atoms with Crippen LogP contribution in [0.25, 0.3) is 22.4 Å². The Morgan fingerprint density at radius 3 is 2.53 bits per heavy atom. The van der Waals surface area contributed by atoms with Gasteiger partial charge in [-0.15, -0.1) is 0 Å². The molecule has 3 aromatic heterocycles. The molecule has 5 aromatic rings. The van der Waals surface area contributed by atoms with Gasteiger partial charge < -0.3 is 25.7 Å². The molecule has 256 valence electrons. The van der Waals surface area contributed by atoms with E-state index in [4.69, 9.17) is 15.5 Å². The SMILES string of the molecule is CCCc1nn(C)c2c(=O)[nH]c(-c3cc(S(=O)(=O)NC4CCN(c5ncc(C(=O)Nc6ccccc6N)cn5)CC4)ccc3OCC)nc12. The van der Waals surface area contributed by atoms with Crippen LogP contribution in [-0.2, 0) is 23.5 Å². The zero-order valence-corrected chi connectivity index (χ0v) is 28.2. The van der Waals surface area contributed by atoms with E-state index in [1.165, 1.54) is 29.2 Å². The van der Waals surface area contributed by atoms with Crippen molar-refractivity contribution >= 4 is 44.3 Å². The van der Waals surface area contributed by atoms with Crippen LogP contribution < -0.4 is 31.0 Å². The van der Waals surface area contributed by atoms with Crippen LogP contribution in [0, 0.1) is 0 Å². The number of piperidine rings is 1. The Labute approximate surface area is 283 Å². The molecule has 49 heavy (non-hydrogen) atoms. The summed E-state index contributed by atoms with van der Waals surface area (Å²) in [7, 11) is -2.26. The second kappa shape index (κ2) is 14.0. The summed E-state index contributed by atoms with van der Waals surface area (Å²) >= 11 is 0. The van der Waals surface area contributed by atoms with Crippen molar-refractivity contribution in [2.24, 2.45) is 7.05 Å². The highest BCUT2D eigenvalue weighted by molar-refractivity contribution is 7.89. The summed E-state index contributed by atoms with van der Waals surface area (Å²) in [6.45, 7) is 5.18. The van der Waals surface area contributed by atoms with E-state index >= 15 is 0 Å². The van der Waals surface area contributed by atoms with Crippen molar-refractivity contribution in [1.29, 1.82) is 0 Å². The fourth-order valence-electron chi connectivity index (χ4n) is 5.81. The number of ether oxygens (including phenoxy) is 1. The zero-order chi connectivity index (χ0) is 34.7. The Morgan fingerprint density at radius 1 is 1.10 bits per heavy atom. The van der Waals surface area contributed by atoms with Crippen molar-refractivity contribution in [2.45, 2.75) is 50.5 Å². The number of hydrogen-bond donors (Lipinski definition) is 4. The van der Waals surface area contributed by atoms with Crippen LogP contribution in [-0.4, -0.2) is 69.8 Å². The Morgan fingerprint density at radius 2 is 1.84 bits per heavy atom. The van der Waals surface area contributed by atoms with Gasteiger partial charge >= 0.3 is 0 Å². The number of carbonyl (C=O) groups excluding carboxylic acids is 1. The molecule has 6 rings (SSSR count). The number of rotatable bonds is 11. The monoisotopic (exact) mass is 686 g/mol. The third-order valence-electron chi connectivity index (χ3n) is 8.27. The molecule has 0 unspecified atom stereocenters. The molecule has 0 aliphatic carbocycles. The van der Waals surface area contributed by atoms with E-state index in [0.29, 0.717) is 84.3 Å². The Balaban J connectivity index is 1.15. The van der Waals surface area contributed by atoms with Crippen LogP contribution in [0.15, 0.2) is 64.5 Å². The number of sulfonamides is 1. The Hall–Kier alpha value is -5.35. The van der Waals surface area contributed by atoms with Crippen molar-refractivity contribution in [3.63, 3.8) is 0 Å². The van der Waals surface area contributed by atoms with E-state index < -0.39 is 10.0 Å². The minimum absolute atomic E-state index is 0.0190. The Kier molecular flexibility index (Phi) is 9.60. The summed E-state index contributed by atoms with van der Waals surface area (Å²) in [5, 5.41) is 7.23. The number of fused-ring (bicyclic) bond motifs is 1. The summed E-state index contributed by atoms with van der Waals surface area (Å²) in [5.41, 5.74) is 8.65. The summed E-state index contributed by atoms with van der Waals surface area (Å²) in [6.07, 6.45) is 5.38. The van der Waals surface area contributed by atoms with Gasteiger partial charge in [0.2, 0.25) is 16.0 Å². The maximum atomic E-state index is 13.6. The number of nitrogens with one attached hydrogen (secondary N) is 3. The lowest BCUT2D eigenvalue weighted by Gasteiger charge is -2.32. The average Bonchev–Trinajstić information content (AvgIpc) is 3.41. The van der Waals surface area contributed by atoms with Crippen molar-refractivity contribution < 1.29 is 17.9 Å². The van der Waals surface area contributed by atoms with Gasteiger partial charge in [0.15, 0.2) is 5.52 Å². The maximum absolute atomic E-state index is 13.6. The molecule has 1 saturated heterocycles. The third-order valence-corrected chi connectivity index (χ3v) is 9.79. The van der Waals surface area contributed by atoms with Crippen molar-refractivity contribution in [3.8, 4) is 17.1 Å². The number of carbonyl (C=O) groups is 1. The highest BCUT2D eigenvalue weighted by Gasteiger charge is 2.27. The van der Waals surface area contributed by atoms with E-state index in [2.05, 4.69) is 30.1 Å². The molecule has 0 radical (unpaired) electrons. The molecule has 0 spiro atoms. The average molecular weight is 687 g/mol. The van der Waals surface area contributed by atoms with Gasteiger partial charge in [-0.05, 0) is 56.5 Å². The predicted octanol–water partition coefficient (Wildman–Crippen LogP) is 3.25. The minimum Gasteiger partial charge on any atom is -0.493 e. The molecule has 15 nitrogen and oxygen atoms in total. The van der Waals surface area contributed by atoms with Crippen LogP contribution in [0.2, 0.25) is 0 Å². The number of nitrogens with two attached hydrogens (primary N) is 1. The number of nitrogen functional groups attached to an aromatic ring is 1. The summed E-state index contributed by atoms with van der Waals surface area (Å²) in [5.74, 6) is 0.661. The highest BCUT2D eigenvalue weighted by Crippen LogP contribution is 2.31. The number of nitrogens with zero attached hydrogens (tertiary/aromatic N) is 6. The first-order valence-electron chi connectivity index (χ1n) is 16.1. The number of hydrogen-bond acceptors (Lipinski definition) is 11. The lowest BCUT2D eigenvalue weighted by Crippen LogP contribution is -2.45. The van der Waals surface area contributed by atoms with E-state index in [1.807, 2.05) is 18.7 Å². The van der Waals surface area contributed by atoms with Gasteiger partial charge in [0, 0.05) is 38.6 Å². The Bertz CT molecular complexity index is 2160. The van der Waals surface area contributed by atoms with Crippen molar-refractivity contribution in [2.75, 3.05) is 35.6 Å². The molecule has 5 N–H and O–H groups in total. The minimum atomic E-state index is -3.96. The molecule has 1 aliphatic heterocycles. The van der Waals surface area contributed by atoms with E-state index in [-0.39, 0.29) is 33.8 Å². The maximum Gasteiger partial charge on any atom is 0.277 e. The van der Waals surface area contributed by atoms with Crippen LogP contribution in [0.3, 0.4) is 0 Å². The van der Waals surface area contributed by atoms with Gasteiger partial charge in [0.1, 0.15) is 17.1 Å². The molecule has 1 fully saturated rings. The zero-order valence-electron chi connectivity index (χ0n) is 27.4. The molecule has 1 aliphatic rings. The number of aryl methyl sites for hydroxylation is 2. The van der Waals surface area contributed by atoms with Crippen LogP contribution >= 0.6 is 0 Å². The normalized spacial score (nSPS) is 13.9. The number of para-hydroxylation sites is 2.